The number of hydrogen-bond donors (Lipinski definition) is 2. The molecule has 2 rings (SSSR count). The number of nitrogens with zero attached hydrogens (tertiary/aromatic N) is 1. The first-order valence-electron chi connectivity index (χ1n) is 5.58. The first kappa shape index (κ1) is 11.9. The van der Waals surface area contributed by atoms with Gasteiger partial charge in [-0.15, -0.1) is 0 Å². The third kappa shape index (κ3) is 1.98. The fraction of sp³-hybridized carbons (Fsp3) is 0.417. The van der Waals surface area contributed by atoms with Crippen LogP contribution in [0.2, 0.25) is 0 Å². The molecule has 92 valence electrons. The van der Waals surface area contributed by atoms with Crippen LogP contribution in [0.4, 0.5) is 9.18 Å². The van der Waals surface area contributed by atoms with E-state index < -0.39 is 11.6 Å². The van der Waals surface area contributed by atoms with Crippen molar-refractivity contribution in [3.8, 4) is 0 Å². The van der Waals surface area contributed by atoms with Gasteiger partial charge in [0.25, 0.3) is 0 Å². The Morgan fingerprint density at radius 3 is 2.88 bits per heavy atom. The van der Waals surface area contributed by atoms with Crippen molar-refractivity contribution < 1.29 is 9.18 Å². The van der Waals surface area contributed by atoms with Gasteiger partial charge < -0.3 is 16.0 Å². The molecule has 17 heavy (non-hydrogen) atoms. The number of hydrogen-bond acceptors (Lipinski definition) is 2. The summed E-state index contributed by atoms with van der Waals surface area (Å²) in [4.78, 5) is 13.0. The van der Waals surface area contributed by atoms with Gasteiger partial charge >= 0.3 is 6.03 Å². The van der Waals surface area contributed by atoms with E-state index in [2.05, 4.69) is 5.32 Å². The summed E-state index contributed by atoms with van der Waals surface area (Å²) in [5, 5.41) is 3.17. The molecular formula is C12H16FN3O. The zero-order valence-corrected chi connectivity index (χ0v) is 9.74. The summed E-state index contributed by atoms with van der Waals surface area (Å²) in [6.45, 7) is 3.48. The number of urea groups is 1. The lowest BCUT2D eigenvalue weighted by atomic mass is 9.88. The highest BCUT2D eigenvalue weighted by Crippen LogP contribution is 2.31. The van der Waals surface area contributed by atoms with Gasteiger partial charge in [-0.3, -0.25) is 0 Å². The smallest absolute Gasteiger partial charge is 0.315 e. The summed E-state index contributed by atoms with van der Waals surface area (Å²) in [5.74, 6) is -0.315. The predicted molar refractivity (Wildman–Crippen MR) is 62.9 cm³/mol. The van der Waals surface area contributed by atoms with Crippen LogP contribution in [0.1, 0.15) is 12.5 Å². The van der Waals surface area contributed by atoms with Crippen molar-refractivity contribution in [3.63, 3.8) is 0 Å². The van der Waals surface area contributed by atoms with Crippen LogP contribution in [0.5, 0.6) is 0 Å². The number of amides is 2. The van der Waals surface area contributed by atoms with E-state index in [9.17, 15) is 9.18 Å². The molecule has 5 heteroatoms. The number of nitrogens with one attached hydrogen (secondary N) is 1. The van der Waals surface area contributed by atoms with Crippen LogP contribution in [0.15, 0.2) is 24.3 Å². The summed E-state index contributed by atoms with van der Waals surface area (Å²) in [5.41, 5.74) is 5.13. The molecule has 0 aliphatic carbocycles. The van der Waals surface area contributed by atoms with Gasteiger partial charge in [0, 0.05) is 25.2 Å². The number of carbonyl (C=O) groups is 1. The van der Waals surface area contributed by atoms with Crippen LogP contribution in [0.25, 0.3) is 0 Å². The van der Waals surface area contributed by atoms with Gasteiger partial charge in [-0.1, -0.05) is 18.2 Å². The lowest BCUT2D eigenvalue weighted by Gasteiger charge is -2.44. The summed E-state index contributed by atoms with van der Waals surface area (Å²) >= 11 is 0. The Bertz CT molecular complexity index is 438. The Hall–Kier alpha value is -1.62. The van der Waals surface area contributed by atoms with E-state index in [-0.39, 0.29) is 5.82 Å². The average molecular weight is 237 g/mol. The second-order valence-corrected chi connectivity index (χ2v) is 4.42. The highest BCUT2D eigenvalue weighted by molar-refractivity contribution is 5.73. The lowest BCUT2D eigenvalue weighted by Crippen LogP contribution is -2.61. The number of rotatable bonds is 1. The second-order valence-electron chi connectivity index (χ2n) is 4.42. The van der Waals surface area contributed by atoms with E-state index >= 15 is 0 Å². The van der Waals surface area contributed by atoms with E-state index in [0.29, 0.717) is 25.2 Å². The van der Waals surface area contributed by atoms with Gasteiger partial charge in [-0.2, -0.15) is 0 Å². The zero-order valence-electron chi connectivity index (χ0n) is 9.74. The van der Waals surface area contributed by atoms with Gasteiger partial charge in [0.2, 0.25) is 0 Å². The van der Waals surface area contributed by atoms with Crippen molar-refractivity contribution in [1.82, 2.24) is 10.2 Å². The minimum atomic E-state index is -0.727. The molecule has 0 radical (unpaired) electrons. The lowest BCUT2D eigenvalue weighted by molar-refractivity contribution is 0.103. The van der Waals surface area contributed by atoms with Gasteiger partial charge in [-0.25, -0.2) is 9.18 Å². The monoisotopic (exact) mass is 237 g/mol. The van der Waals surface area contributed by atoms with Crippen molar-refractivity contribution in [3.05, 3.63) is 35.6 Å². The topological polar surface area (TPSA) is 58.4 Å². The average Bonchev–Trinajstić information content (AvgIpc) is 2.29. The predicted octanol–water partition coefficient (Wildman–Crippen LogP) is 1.02. The summed E-state index contributed by atoms with van der Waals surface area (Å²) in [7, 11) is 0. The molecule has 1 aliphatic rings. The van der Waals surface area contributed by atoms with Gasteiger partial charge in [0.05, 0.1) is 5.54 Å². The molecule has 0 saturated carbocycles. The van der Waals surface area contributed by atoms with E-state index in [4.69, 9.17) is 5.73 Å². The van der Waals surface area contributed by atoms with Crippen LogP contribution in [-0.4, -0.2) is 30.6 Å². The fourth-order valence-corrected chi connectivity index (χ4v) is 2.36. The van der Waals surface area contributed by atoms with E-state index in [1.54, 1.807) is 18.2 Å². The van der Waals surface area contributed by atoms with Gasteiger partial charge in [0.15, 0.2) is 0 Å². The number of primary amides is 1. The molecule has 1 heterocycles. The number of piperazine rings is 1. The van der Waals surface area contributed by atoms with E-state index in [0.717, 1.165) is 0 Å². The molecule has 2 amide bonds. The number of halogens is 1. The van der Waals surface area contributed by atoms with E-state index in [1.165, 1.54) is 11.0 Å². The van der Waals surface area contributed by atoms with Crippen molar-refractivity contribution in [1.29, 1.82) is 0 Å². The number of benzene rings is 1. The highest BCUT2D eigenvalue weighted by atomic mass is 19.1. The summed E-state index contributed by atoms with van der Waals surface area (Å²) < 4.78 is 13.8. The first-order chi connectivity index (χ1) is 8.05. The van der Waals surface area contributed by atoms with Crippen LogP contribution >= 0.6 is 0 Å². The maximum atomic E-state index is 13.8. The van der Waals surface area contributed by atoms with Crippen LogP contribution in [0, 0.1) is 5.82 Å². The SMILES string of the molecule is CC1(c2ccccc2F)CNCCN1C(N)=O. The third-order valence-electron chi connectivity index (χ3n) is 3.30. The molecule has 4 nitrogen and oxygen atoms in total. The zero-order chi connectivity index (χ0) is 12.5. The number of carbonyl (C=O) groups excluding carboxylic acids is 1. The Labute approximate surface area is 99.6 Å². The molecule has 1 atom stereocenters. The minimum Gasteiger partial charge on any atom is -0.351 e. The summed E-state index contributed by atoms with van der Waals surface area (Å²) in [6.07, 6.45) is 0. The Kier molecular flexibility index (Phi) is 3.02. The Morgan fingerprint density at radius 2 is 2.24 bits per heavy atom. The molecule has 0 aromatic heterocycles. The molecule has 1 aromatic carbocycles. The van der Waals surface area contributed by atoms with Gasteiger partial charge in [-0.05, 0) is 13.0 Å². The van der Waals surface area contributed by atoms with Crippen molar-refractivity contribution >= 4 is 6.03 Å². The standard InChI is InChI=1S/C12H16FN3O/c1-12(9-4-2-3-5-10(9)13)8-15-6-7-16(12)11(14)17/h2-5,15H,6-8H2,1H3,(H2,14,17). The molecule has 1 saturated heterocycles. The molecule has 1 aromatic rings. The van der Waals surface area contributed by atoms with Gasteiger partial charge in [0.1, 0.15) is 5.82 Å². The quantitative estimate of drug-likeness (QED) is 0.766. The minimum absolute atomic E-state index is 0.315. The number of nitrogens with two attached hydrogens (primary N) is 1. The first-order valence-corrected chi connectivity index (χ1v) is 5.58. The maximum Gasteiger partial charge on any atom is 0.315 e. The fourth-order valence-electron chi connectivity index (χ4n) is 2.36. The highest BCUT2D eigenvalue weighted by Gasteiger charge is 2.39. The van der Waals surface area contributed by atoms with Crippen LogP contribution < -0.4 is 11.1 Å². The molecular weight excluding hydrogens is 221 g/mol. The second kappa shape index (κ2) is 4.33. The molecule has 0 bridgehead atoms. The van der Waals surface area contributed by atoms with Crippen molar-refractivity contribution in [2.24, 2.45) is 5.73 Å². The summed E-state index contributed by atoms with van der Waals surface area (Å²) in [6, 6.07) is 5.97. The molecule has 3 N–H and O–H groups in total. The van der Waals surface area contributed by atoms with Crippen molar-refractivity contribution in [2.75, 3.05) is 19.6 Å². The van der Waals surface area contributed by atoms with Crippen LogP contribution in [-0.2, 0) is 5.54 Å². The van der Waals surface area contributed by atoms with Crippen molar-refractivity contribution in [2.45, 2.75) is 12.5 Å². The Balaban J connectivity index is 2.45. The molecule has 1 unspecified atom stereocenters. The molecule has 0 spiro atoms. The molecule has 1 fully saturated rings. The maximum absolute atomic E-state index is 13.8. The Morgan fingerprint density at radius 1 is 1.53 bits per heavy atom. The third-order valence-corrected chi connectivity index (χ3v) is 3.30. The van der Waals surface area contributed by atoms with E-state index in [1.807, 2.05) is 6.92 Å². The molecule has 1 aliphatic heterocycles. The largest absolute Gasteiger partial charge is 0.351 e. The van der Waals surface area contributed by atoms with Crippen LogP contribution in [0.3, 0.4) is 0 Å². The normalized spacial score (nSPS) is 24.7.